The van der Waals surface area contributed by atoms with Crippen molar-refractivity contribution in [3.05, 3.63) is 53.4 Å². The van der Waals surface area contributed by atoms with Crippen LogP contribution in [0.5, 0.6) is 0 Å². The van der Waals surface area contributed by atoms with E-state index >= 15 is 0 Å². The van der Waals surface area contributed by atoms with Crippen molar-refractivity contribution in [2.24, 2.45) is 5.73 Å². The van der Waals surface area contributed by atoms with Gasteiger partial charge in [0.25, 0.3) is 5.91 Å². The highest BCUT2D eigenvalue weighted by atomic mass is 16.6. The molecule has 0 aliphatic rings. The molecule has 0 aliphatic heterocycles. The standard InChI is InChI=1S/C33H50N8O5/c1-11-25-30(40(9)21(2)3)38-29(27(37-25)28(34)43)36-24-15-12-14-23(20-24)17-18-35-31(44)22(4)41(10)26(42)16-13-19-39(8)32(45)46-33(5,6)7/h12-16,20-22H,11,17-19H2,1-10H3,(H2,34,43)(H,35,44)(H,36,38)/b16-13+/t22-/m0/s1. The molecule has 1 heterocycles. The molecule has 0 unspecified atom stereocenters. The monoisotopic (exact) mass is 638 g/mol. The predicted molar refractivity (Wildman–Crippen MR) is 180 cm³/mol. The molecule has 0 aliphatic carbocycles. The molecular weight excluding hydrogens is 588 g/mol. The largest absolute Gasteiger partial charge is 0.444 e. The van der Waals surface area contributed by atoms with Crippen molar-refractivity contribution in [3.8, 4) is 0 Å². The fourth-order valence-corrected chi connectivity index (χ4v) is 4.11. The first-order chi connectivity index (χ1) is 21.4. The van der Waals surface area contributed by atoms with Gasteiger partial charge in [-0.15, -0.1) is 0 Å². The van der Waals surface area contributed by atoms with Gasteiger partial charge in [0, 0.05) is 52.0 Å². The van der Waals surface area contributed by atoms with Gasteiger partial charge in [-0.05, 0) is 72.1 Å². The van der Waals surface area contributed by atoms with E-state index in [1.54, 1.807) is 47.9 Å². The van der Waals surface area contributed by atoms with Gasteiger partial charge >= 0.3 is 6.09 Å². The van der Waals surface area contributed by atoms with E-state index in [1.165, 1.54) is 15.9 Å². The van der Waals surface area contributed by atoms with Crippen molar-refractivity contribution in [2.45, 2.75) is 79.0 Å². The molecule has 0 fully saturated rings. The molecule has 0 spiro atoms. The number of anilines is 3. The van der Waals surface area contributed by atoms with Gasteiger partial charge in [-0.25, -0.2) is 14.8 Å². The number of aryl methyl sites for hydroxylation is 1. The molecule has 4 N–H and O–H groups in total. The lowest BCUT2D eigenvalue weighted by atomic mass is 10.1. The fourth-order valence-electron chi connectivity index (χ4n) is 4.11. The normalized spacial score (nSPS) is 12.1. The molecule has 1 aromatic heterocycles. The average molecular weight is 639 g/mol. The van der Waals surface area contributed by atoms with Crippen LogP contribution in [0.3, 0.4) is 0 Å². The Balaban J connectivity index is 2.00. The number of likely N-dealkylation sites (N-methyl/N-ethyl adjacent to an activating group) is 2. The molecule has 0 radical (unpaired) electrons. The molecule has 46 heavy (non-hydrogen) atoms. The second kappa shape index (κ2) is 16.6. The SMILES string of the molecule is CCc1nc(C(N)=O)c(Nc2cccc(CCNC(=O)[C@H](C)N(C)C(=O)/C=C/CN(C)C(=O)OC(C)(C)C)c2)nc1N(C)C(C)C. The smallest absolute Gasteiger partial charge is 0.410 e. The van der Waals surface area contributed by atoms with Gasteiger partial charge in [-0.3, -0.25) is 14.4 Å². The lowest BCUT2D eigenvalue weighted by Gasteiger charge is -2.25. The molecule has 13 heteroatoms. The highest BCUT2D eigenvalue weighted by molar-refractivity contribution is 5.96. The maximum absolute atomic E-state index is 12.8. The molecule has 1 atom stereocenters. The summed E-state index contributed by atoms with van der Waals surface area (Å²) in [5, 5.41) is 6.07. The predicted octanol–water partition coefficient (Wildman–Crippen LogP) is 3.65. The van der Waals surface area contributed by atoms with Crippen molar-refractivity contribution < 1.29 is 23.9 Å². The minimum Gasteiger partial charge on any atom is -0.444 e. The quantitative estimate of drug-likeness (QED) is 0.262. The third kappa shape index (κ3) is 11.0. The molecule has 0 bridgehead atoms. The maximum atomic E-state index is 12.8. The zero-order chi connectivity index (χ0) is 34.8. The van der Waals surface area contributed by atoms with Gasteiger partial charge in [0.2, 0.25) is 11.8 Å². The number of aromatic nitrogens is 2. The van der Waals surface area contributed by atoms with Crippen LogP contribution < -0.4 is 21.3 Å². The first kappa shape index (κ1) is 37.5. The number of hydrogen-bond acceptors (Lipinski definition) is 9. The molecule has 13 nitrogen and oxygen atoms in total. The Morgan fingerprint density at radius 2 is 1.74 bits per heavy atom. The summed E-state index contributed by atoms with van der Waals surface area (Å²) < 4.78 is 5.29. The number of carbonyl (C=O) groups is 4. The van der Waals surface area contributed by atoms with Gasteiger partial charge in [-0.2, -0.15) is 0 Å². The number of ether oxygens (including phenoxy) is 1. The van der Waals surface area contributed by atoms with Crippen LogP contribution in [0.1, 0.15) is 70.2 Å². The van der Waals surface area contributed by atoms with Crippen LogP contribution >= 0.6 is 0 Å². The molecule has 252 valence electrons. The zero-order valence-electron chi connectivity index (χ0n) is 28.8. The lowest BCUT2D eigenvalue weighted by Crippen LogP contribution is -2.45. The average Bonchev–Trinajstić information content (AvgIpc) is 2.98. The van der Waals surface area contributed by atoms with Gasteiger partial charge in [0.1, 0.15) is 11.6 Å². The first-order valence-corrected chi connectivity index (χ1v) is 15.4. The Kier molecular flexibility index (Phi) is 13.5. The molecule has 4 amide bonds. The summed E-state index contributed by atoms with van der Waals surface area (Å²) in [6.45, 7) is 13.5. The number of nitrogens with one attached hydrogen (secondary N) is 2. The van der Waals surface area contributed by atoms with Gasteiger partial charge in [-0.1, -0.05) is 25.1 Å². The number of amides is 4. The number of carbonyl (C=O) groups excluding carboxylic acids is 4. The molecule has 0 saturated carbocycles. The van der Waals surface area contributed by atoms with E-state index in [9.17, 15) is 19.2 Å². The van der Waals surface area contributed by atoms with Crippen LogP contribution in [0.15, 0.2) is 36.4 Å². The van der Waals surface area contributed by atoms with E-state index in [1.807, 2.05) is 57.0 Å². The van der Waals surface area contributed by atoms with E-state index in [0.29, 0.717) is 36.6 Å². The molecular formula is C33H50N8O5. The number of hydrogen-bond donors (Lipinski definition) is 3. The molecule has 0 saturated heterocycles. The number of primary amides is 1. The Labute approximate surface area is 272 Å². The zero-order valence-corrected chi connectivity index (χ0v) is 28.8. The van der Waals surface area contributed by atoms with Crippen molar-refractivity contribution in [1.29, 1.82) is 0 Å². The highest BCUT2D eigenvalue weighted by Gasteiger charge is 2.23. The van der Waals surface area contributed by atoms with Crippen molar-refractivity contribution >= 4 is 41.1 Å². The van der Waals surface area contributed by atoms with E-state index in [4.69, 9.17) is 15.5 Å². The van der Waals surface area contributed by atoms with Crippen molar-refractivity contribution in [3.63, 3.8) is 0 Å². The van der Waals surface area contributed by atoms with Crippen LogP contribution in [-0.4, -0.2) is 95.5 Å². The van der Waals surface area contributed by atoms with Gasteiger partial charge in [0.05, 0.1) is 5.69 Å². The van der Waals surface area contributed by atoms with Crippen LogP contribution in [-0.2, 0) is 27.2 Å². The Hall–Kier alpha value is -4.68. The molecule has 1 aromatic carbocycles. The third-order valence-corrected chi connectivity index (χ3v) is 7.18. The Morgan fingerprint density at radius 1 is 1.07 bits per heavy atom. The van der Waals surface area contributed by atoms with Crippen LogP contribution in [0, 0.1) is 0 Å². The van der Waals surface area contributed by atoms with E-state index < -0.39 is 23.6 Å². The Bertz CT molecular complexity index is 1420. The van der Waals surface area contributed by atoms with Gasteiger partial charge in [0.15, 0.2) is 17.3 Å². The van der Waals surface area contributed by atoms with Gasteiger partial charge < -0.3 is 35.8 Å². The maximum Gasteiger partial charge on any atom is 0.410 e. The van der Waals surface area contributed by atoms with Crippen LogP contribution in [0.25, 0.3) is 0 Å². The van der Waals surface area contributed by atoms with E-state index in [0.717, 1.165) is 5.56 Å². The van der Waals surface area contributed by atoms with E-state index in [-0.39, 0.29) is 35.9 Å². The minimum atomic E-state index is -0.719. The highest BCUT2D eigenvalue weighted by Crippen LogP contribution is 2.26. The summed E-state index contributed by atoms with van der Waals surface area (Å²) >= 11 is 0. The minimum absolute atomic E-state index is 0.0629. The second-order valence-electron chi connectivity index (χ2n) is 12.4. The summed E-state index contributed by atoms with van der Waals surface area (Å²) in [5.41, 5.74) is 7.39. The topological polar surface area (TPSA) is 163 Å². The first-order valence-electron chi connectivity index (χ1n) is 15.4. The fraction of sp³-hybridized carbons (Fsp3) is 0.515. The van der Waals surface area contributed by atoms with Crippen molar-refractivity contribution in [2.75, 3.05) is 44.4 Å². The third-order valence-electron chi connectivity index (χ3n) is 7.18. The number of nitrogens with two attached hydrogens (primary N) is 1. The number of rotatable bonds is 14. The summed E-state index contributed by atoms with van der Waals surface area (Å²) in [6, 6.07) is 6.98. The summed E-state index contributed by atoms with van der Waals surface area (Å²) in [5.74, 6) is -0.408. The second-order valence-corrected chi connectivity index (χ2v) is 12.4. The number of benzene rings is 1. The summed E-state index contributed by atoms with van der Waals surface area (Å²) in [4.78, 5) is 63.7. The lowest BCUT2D eigenvalue weighted by molar-refractivity contribution is -0.135. The number of nitrogens with zero attached hydrogens (tertiary/aromatic N) is 5. The molecule has 2 aromatic rings. The summed E-state index contributed by atoms with van der Waals surface area (Å²) in [6.07, 6.45) is 3.50. The van der Waals surface area contributed by atoms with Crippen LogP contribution in [0.2, 0.25) is 0 Å². The summed E-state index contributed by atoms with van der Waals surface area (Å²) in [7, 11) is 5.05. The van der Waals surface area contributed by atoms with E-state index in [2.05, 4.69) is 15.6 Å². The molecule has 2 rings (SSSR count). The Morgan fingerprint density at radius 3 is 2.33 bits per heavy atom. The van der Waals surface area contributed by atoms with Crippen molar-refractivity contribution in [1.82, 2.24) is 25.1 Å². The van der Waals surface area contributed by atoms with Crippen LogP contribution in [0.4, 0.5) is 22.1 Å².